The molecule has 3 rings (SSSR count). The number of anilines is 1. The quantitative estimate of drug-likeness (QED) is 0.183. The molecule has 0 aromatic heterocycles. The average Bonchev–Trinajstić information content (AvgIpc) is 2.83. The largest absolute Gasteiger partial charge is 0.489 e. The molecule has 1 amide bonds. The van der Waals surface area contributed by atoms with Gasteiger partial charge in [0, 0.05) is 19.2 Å². The van der Waals surface area contributed by atoms with Crippen molar-refractivity contribution in [2.24, 2.45) is 0 Å². The molecular formula is C25H27ClN2O10. The number of carboxylic acid groups (broad SMARTS) is 3. The summed E-state index contributed by atoms with van der Waals surface area (Å²) in [6.07, 6.45) is -0.825. The molecule has 12 nitrogen and oxygen atoms in total. The molecule has 0 fully saturated rings. The summed E-state index contributed by atoms with van der Waals surface area (Å²) in [5, 5.41) is 30.8. The lowest BCUT2D eigenvalue weighted by atomic mass is 9.85. The standard InChI is InChI=1S/C25H26N2O10.ClH/c1-27-23(32)21-15(6-7-19(28)29)16(17(24(33)34)11-20(30)31)10-18-22(21)36-8-2-3-12-9-13(26)4-5-14(12)25(35)37-18;/h4-5,9-10,17H,2-3,6-8,11,26H2,1H3,(H,27,32)(H,28,29)(H,30,31)(H,33,34);1H/t17-;/m0./s1. The summed E-state index contributed by atoms with van der Waals surface area (Å²) in [5.74, 6) is -7.88. The first-order valence-electron chi connectivity index (χ1n) is 11.3. The highest BCUT2D eigenvalue weighted by atomic mass is 35.5. The van der Waals surface area contributed by atoms with Crippen molar-refractivity contribution in [3.63, 3.8) is 0 Å². The van der Waals surface area contributed by atoms with E-state index in [1.54, 1.807) is 6.07 Å². The van der Waals surface area contributed by atoms with Gasteiger partial charge in [-0.25, -0.2) is 4.79 Å². The van der Waals surface area contributed by atoms with Crippen molar-refractivity contribution in [2.75, 3.05) is 19.4 Å². The Balaban J connectivity index is 0.00000507. The zero-order valence-corrected chi connectivity index (χ0v) is 21.1. The van der Waals surface area contributed by atoms with E-state index in [1.165, 1.54) is 19.2 Å². The fourth-order valence-electron chi connectivity index (χ4n) is 4.21. The molecule has 2 aromatic rings. The topological polar surface area (TPSA) is 203 Å². The van der Waals surface area contributed by atoms with Crippen LogP contribution in [0.3, 0.4) is 0 Å². The maximum Gasteiger partial charge on any atom is 0.343 e. The number of nitrogens with one attached hydrogen (secondary N) is 1. The van der Waals surface area contributed by atoms with Gasteiger partial charge in [-0.05, 0) is 60.2 Å². The molecule has 204 valence electrons. The number of nitrogen functional groups attached to an aromatic ring is 1. The Bertz CT molecular complexity index is 1280. The van der Waals surface area contributed by atoms with Crippen LogP contribution in [-0.2, 0) is 27.2 Å². The minimum atomic E-state index is -1.67. The third-order valence-corrected chi connectivity index (χ3v) is 5.87. The van der Waals surface area contributed by atoms with Gasteiger partial charge in [0.2, 0.25) is 0 Å². The molecule has 1 aliphatic heterocycles. The number of halogens is 1. The maximum atomic E-state index is 13.1. The molecule has 1 atom stereocenters. The minimum absolute atomic E-state index is 0. The molecule has 2 aromatic carbocycles. The molecule has 1 heterocycles. The Morgan fingerprint density at radius 3 is 2.42 bits per heavy atom. The molecular weight excluding hydrogens is 524 g/mol. The van der Waals surface area contributed by atoms with Gasteiger partial charge in [-0.1, -0.05) is 0 Å². The predicted molar refractivity (Wildman–Crippen MR) is 135 cm³/mol. The van der Waals surface area contributed by atoms with Gasteiger partial charge in [0.15, 0.2) is 11.5 Å². The molecule has 38 heavy (non-hydrogen) atoms. The normalized spacial score (nSPS) is 13.3. The summed E-state index contributed by atoms with van der Waals surface area (Å²) in [4.78, 5) is 61.1. The predicted octanol–water partition coefficient (Wildman–Crippen LogP) is 2.25. The second-order valence-electron chi connectivity index (χ2n) is 8.37. The number of hydrogen-bond donors (Lipinski definition) is 5. The number of esters is 1. The molecule has 1 aliphatic rings. The van der Waals surface area contributed by atoms with E-state index in [9.17, 15) is 39.3 Å². The average molecular weight is 551 g/mol. The zero-order chi connectivity index (χ0) is 27.3. The van der Waals surface area contributed by atoms with Gasteiger partial charge in [0.05, 0.1) is 30.1 Å². The second-order valence-corrected chi connectivity index (χ2v) is 8.37. The Labute approximate surface area is 223 Å². The molecule has 0 aliphatic carbocycles. The third kappa shape index (κ3) is 6.71. The number of aliphatic carboxylic acids is 3. The Morgan fingerprint density at radius 1 is 1.11 bits per heavy atom. The second kappa shape index (κ2) is 12.8. The molecule has 0 unspecified atom stereocenters. The van der Waals surface area contributed by atoms with Crippen molar-refractivity contribution >= 4 is 47.9 Å². The first kappa shape index (κ1) is 29.9. The van der Waals surface area contributed by atoms with E-state index in [2.05, 4.69) is 5.32 Å². The molecule has 0 saturated heterocycles. The van der Waals surface area contributed by atoms with E-state index >= 15 is 0 Å². The number of carboxylic acids is 3. The highest BCUT2D eigenvalue weighted by Gasteiger charge is 2.33. The maximum absolute atomic E-state index is 13.1. The lowest BCUT2D eigenvalue weighted by Crippen LogP contribution is -2.26. The van der Waals surface area contributed by atoms with E-state index in [0.717, 1.165) is 6.07 Å². The Kier molecular flexibility index (Phi) is 10.1. The number of hydrogen-bond acceptors (Lipinski definition) is 8. The van der Waals surface area contributed by atoms with Crippen LogP contribution < -0.4 is 20.5 Å². The van der Waals surface area contributed by atoms with Crippen LogP contribution >= 0.6 is 12.4 Å². The van der Waals surface area contributed by atoms with Gasteiger partial charge in [-0.2, -0.15) is 0 Å². The number of fused-ring (bicyclic) bond motifs is 2. The van der Waals surface area contributed by atoms with Crippen LogP contribution in [0.2, 0.25) is 0 Å². The van der Waals surface area contributed by atoms with Crippen LogP contribution in [0.15, 0.2) is 24.3 Å². The number of ether oxygens (including phenoxy) is 2. The fraction of sp³-hybridized carbons (Fsp3) is 0.320. The number of benzene rings is 2. The summed E-state index contributed by atoms with van der Waals surface area (Å²) in [6, 6.07) is 5.77. The monoisotopic (exact) mass is 550 g/mol. The number of rotatable bonds is 8. The Morgan fingerprint density at radius 2 is 1.82 bits per heavy atom. The van der Waals surface area contributed by atoms with Gasteiger partial charge < -0.3 is 35.8 Å². The van der Waals surface area contributed by atoms with Crippen molar-refractivity contribution in [1.82, 2.24) is 5.32 Å². The zero-order valence-electron chi connectivity index (χ0n) is 20.3. The number of carbonyl (C=O) groups excluding carboxylic acids is 2. The van der Waals surface area contributed by atoms with Crippen molar-refractivity contribution in [2.45, 2.75) is 38.0 Å². The highest BCUT2D eigenvalue weighted by molar-refractivity contribution is 6.01. The van der Waals surface area contributed by atoms with Gasteiger partial charge in [0.25, 0.3) is 5.91 Å². The summed E-state index contributed by atoms with van der Waals surface area (Å²) >= 11 is 0. The van der Waals surface area contributed by atoms with Crippen LogP contribution in [0.4, 0.5) is 5.69 Å². The summed E-state index contributed by atoms with van der Waals surface area (Å²) in [5.41, 5.74) is 6.69. The SMILES string of the molecule is CNC(=O)c1c(CCC(=O)O)c([C@H](CC(=O)O)C(=O)O)cc2c1OCCCc1cc(N)ccc1C(=O)O2.Cl. The van der Waals surface area contributed by atoms with E-state index in [4.69, 9.17) is 15.2 Å². The number of aryl methyl sites for hydroxylation is 1. The summed E-state index contributed by atoms with van der Waals surface area (Å²) < 4.78 is 11.4. The Hall–Kier alpha value is -4.32. The van der Waals surface area contributed by atoms with Gasteiger partial charge in [0.1, 0.15) is 0 Å². The van der Waals surface area contributed by atoms with E-state index in [-0.39, 0.29) is 59.2 Å². The minimum Gasteiger partial charge on any atom is -0.489 e. The lowest BCUT2D eigenvalue weighted by molar-refractivity contribution is -0.145. The van der Waals surface area contributed by atoms with E-state index < -0.39 is 48.5 Å². The van der Waals surface area contributed by atoms with E-state index in [0.29, 0.717) is 24.1 Å². The number of nitrogens with two attached hydrogens (primary N) is 1. The molecule has 0 spiro atoms. The van der Waals surface area contributed by atoms with Crippen molar-refractivity contribution in [3.05, 3.63) is 52.1 Å². The van der Waals surface area contributed by atoms with Gasteiger partial charge in [-0.15, -0.1) is 12.4 Å². The van der Waals surface area contributed by atoms with E-state index in [1.807, 2.05) is 0 Å². The molecule has 0 radical (unpaired) electrons. The smallest absolute Gasteiger partial charge is 0.343 e. The van der Waals surface area contributed by atoms with Gasteiger partial charge >= 0.3 is 23.9 Å². The van der Waals surface area contributed by atoms with Crippen LogP contribution in [0.5, 0.6) is 11.5 Å². The molecule has 6 N–H and O–H groups in total. The molecule has 0 saturated carbocycles. The lowest BCUT2D eigenvalue weighted by Gasteiger charge is -2.24. The third-order valence-electron chi connectivity index (χ3n) is 5.87. The van der Waals surface area contributed by atoms with Crippen LogP contribution in [0, 0.1) is 0 Å². The van der Waals surface area contributed by atoms with Gasteiger partial charge in [-0.3, -0.25) is 19.2 Å². The number of carbonyl (C=O) groups is 5. The summed E-state index contributed by atoms with van der Waals surface area (Å²) in [6.45, 7) is 0.0674. The first-order valence-corrected chi connectivity index (χ1v) is 11.3. The highest BCUT2D eigenvalue weighted by Crippen LogP contribution is 2.41. The summed E-state index contributed by atoms with van der Waals surface area (Å²) in [7, 11) is 1.31. The molecule has 13 heteroatoms. The van der Waals surface area contributed by atoms with Crippen molar-refractivity contribution in [1.29, 1.82) is 0 Å². The van der Waals surface area contributed by atoms with Crippen molar-refractivity contribution in [3.8, 4) is 11.5 Å². The first-order chi connectivity index (χ1) is 17.5. The van der Waals surface area contributed by atoms with Crippen molar-refractivity contribution < 1.29 is 48.8 Å². The fourth-order valence-corrected chi connectivity index (χ4v) is 4.21. The molecule has 0 bridgehead atoms. The van der Waals surface area contributed by atoms with Crippen LogP contribution in [0.25, 0.3) is 0 Å². The van der Waals surface area contributed by atoms with Crippen LogP contribution in [0.1, 0.15) is 62.6 Å². The van der Waals surface area contributed by atoms with Crippen LogP contribution in [-0.4, -0.2) is 58.8 Å². The number of amides is 1.